The number of likely N-dealkylation sites (tertiary alicyclic amines) is 1. The Kier molecular flexibility index (Phi) is 5.51. The van der Waals surface area contributed by atoms with Crippen molar-refractivity contribution in [2.75, 3.05) is 19.6 Å². The number of aromatic nitrogens is 1. The molecule has 1 fully saturated rings. The summed E-state index contributed by atoms with van der Waals surface area (Å²) in [7, 11) is 0. The zero-order chi connectivity index (χ0) is 23.1. The van der Waals surface area contributed by atoms with Gasteiger partial charge in [0.2, 0.25) is 5.91 Å². The van der Waals surface area contributed by atoms with Gasteiger partial charge in [0, 0.05) is 60.5 Å². The first-order valence-electron chi connectivity index (χ1n) is 12.1. The molecule has 1 amide bonds. The Balaban J connectivity index is 1.13. The van der Waals surface area contributed by atoms with Gasteiger partial charge in [-0.15, -0.1) is 0 Å². The molecule has 1 N–H and O–H groups in total. The molecule has 2 heterocycles. The average molecular weight is 470 g/mol. The van der Waals surface area contributed by atoms with E-state index in [1.165, 1.54) is 22.3 Å². The minimum absolute atomic E-state index is 0.0179. The minimum Gasteiger partial charge on any atom is -0.350 e. The number of carbonyl (C=O) groups excluding carboxylic acids is 1. The van der Waals surface area contributed by atoms with E-state index in [9.17, 15) is 4.79 Å². The Morgan fingerprint density at radius 1 is 1.09 bits per heavy atom. The maximum absolute atomic E-state index is 12.4. The highest BCUT2D eigenvalue weighted by molar-refractivity contribution is 6.30. The highest BCUT2D eigenvalue weighted by Crippen LogP contribution is 2.60. The summed E-state index contributed by atoms with van der Waals surface area (Å²) in [5.41, 5.74) is 6.78. The topological polar surface area (TPSA) is 45.2 Å². The van der Waals surface area contributed by atoms with Crippen molar-refractivity contribution in [2.45, 2.75) is 36.6 Å². The van der Waals surface area contributed by atoms with Crippen LogP contribution in [0.3, 0.4) is 0 Å². The summed E-state index contributed by atoms with van der Waals surface area (Å²) in [5, 5.41) is 4.01. The highest BCUT2D eigenvalue weighted by atomic mass is 35.5. The normalized spacial score (nSPS) is 23.7. The highest BCUT2D eigenvalue weighted by Gasteiger charge is 2.53. The maximum Gasteiger partial charge on any atom is 0.244 e. The molecular weight excluding hydrogens is 442 g/mol. The minimum atomic E-state index is -0.0344. The third-order valence-electron chi connectivity index (χ3n) is 7.85. The van der Waals surface area contributed by atoms with Crippen LogP contribution in [0.15, 0.2) is 73.1 Å². The van der Waals surface area contributed by atoms with Crippen molar-refractivity contribution in [3.05, 3.63) is 106 Å². The van der Waals surface area contributed by atoms with E-state index in [4.69, 9.17) is 11.6 Å². The second-order valence-electron chi connectivity index (χ2n) is 9.84. The molecule has 2 unspecified atom stereocenters. The Labute approximate surface area is 205 Å². The van der Waals surface area contributed by atoms with Gasteiger partial charge in [0.15, 0.2) is 0 Å². The lowest BCUT2D eigenvalue weighted by Gasteiger charge is -2.40. The van der Waals surface area contributed by atoms with Crippen LogP contribution in [0.5, 0.6) is 0 Å². The molecule has 3 aliphatic rings. The number of nitrogens with zero attached hydrogens (tertiary/aromatic N) is 2. The molecule has 0 saturated carbocycles. The number of hydrogen-bond donors (Lipinski definition) is 1. The summed E-state index contributed by atoms with van der Waals surface area (Å²) in [5.74, 6) is 0.444. The summed E-state index contributed by atoms with van der Waals surface area (Å²) >= 11 is 6.46. The molecule has 34 heavy (non-hydrogen) atoms. The van der Waals surface area contributed by atoms with Crippen molar-refractivity contribution >= 4 is 23.6 Å². The predicted molar refractivity (Wildman–Crippen MR) is 136 cm³/mol. The van der Waals surface area contributed by atoms with Crippen LogP contribution in [-0.2, 0) is 10.2 Å². The van der Waals surface area contributed by atoms with Gasteiger partial charge in [0.1, 0.15) is 0 Å². The van der Waals surface area contributed by atoms with Crippen molar-refractivity contribution in [3.8, 4) is 0 Å². The lowest BCUT2D eigenvalue weighted by atomic mass is 9.74. The van der Waals surface area contributed by atoms with Crippen molar-refractivity contribution in [1.82, 2.24) is 15.2 Å². The number of piperidine rings is 1. The van der Waals surface area contributed by atoms with Crippen molar-refractivity contribution < 1.29 is 4.79 Å². The molecule has 1 saturated heterocycles. The SMILES string of the molecule is O=C(/C=C/c1cccnc1)NC1CCN(CC23CC(c4ccccc42)c2ccc(Cl)cc23)CC1. The monoisotopic (exact) mass is 469 g/mol. The van der Waals surface area contributed by atoms with Crippen molar-refractivity contribution in [2.24, 2.45) is 0 Å². The second kappa shape index (κ2) is 8.68. The van der Waals surface area contributed by atoms with Crippen LogP contribution in [0.4, 0.5) is 0 Å². The summed E-state index contributed by atoms with van der Waals surface area (Å²) in [4.78, 5) is 19.1. The molecule has 1 aliphatic heterocycles. The quantitative estimate of drug-likeness (QED) is 0.525. The second-order valence-corrected chi connectivity index (χ2v) is 10.3. The summed E-state index contributed by atoms with van der Waals surface area (Å²) in [6, 6.07) is 19.5. The summed E-state index contributed by atoms with van der Waals surface area (Å²) in [6.07, 6.45) is 9.98. The van der Waals surface area contributed by atoms with Gasteiger partial charge < -0.3 is 10.2 Å². The van der Waals surface area contributed by atoms with Crippen LogP contribution in [0.25, 0.3) is 6.08 Å². The molecule has 172 valence electrons. The molecule has 0 radical (unpaired) electrons. The molecule has 2 aromatic carbocycles. The molecule has 4 nitrogen and oxygen atoms in total. The zero-order valence-electron chi connectivity index (χ0n) is 19.1. The largest absolute Gasteiger partial charge is 0.350 e. The van der Waals surface area contributed by atoms with Gasteiger partial charge in [-0.1, -0.05) is 48.0 Å². The van der Waals surface area contributed by atoms with E-state index in [0.717, 1.165) is 49.5 Å². The molecule has 2 atom stereocenters. The Morgan fingerprint density at radius 2 is 1.91 bits per heavy atom. The van der Waals surface area contributed by atoms with Gasteiger partial charge in [-0.05, 0) is 71.4 Å². The van der Waals surface area contributed by atoms with E-state index in [1.54, 1.807) is 18.5 Å². The Bertz CT molecular complexity index is 1250. The fraction of sp³-hybridized carbons (Fsp3) is 0.310. The zero-order valence-corrected chi connectivity index (χ0v) is 19.8. The number of pyridine rings is 1. The number of hydrogen-bond acceptors (Lipinski definition) is 3. The van der Waals surface area contributed by atoms with E-state index in [1.807, 2.05) is 24.3 Å². The van der Waals surface area contributed by atoms with Crippen LogP contribution in [0, 0.1) is 0 Å². The molecular formula is C29H28ClN3O. The fourth-order valence-corrected chi connectivity index (χ4v) is 6.50. The Morgan fingerprint density at radius 3 is 2.74 bits per heavy atom. The van der Waals surface area contributed by atoms with Crippen LogP contribution in [0.2, 0.25) is 5.02 Å². The smallest absolute Gasteiger partial charge is 0.244 e. The first-order chi connectivity index (χ1) is 16.6. The first kappa shape index (κ1) is 21.6. The van der Waals surface area contributed by atoms with Gasteiger partial charge in [0.05, 0.1) is 0 Å². The van der Waals surface area contributed by atoms with E-state index < -0.39 is 0 Å². The molecule has 5 heteroatoms. The van der Waals surface area contributed by atoms with E-state index in [-0.39, 0.29) is 17.4 Å². The standard InChI is InChI=1S/C29H28ClN3O/c30-21-8-9-24-25-17-29(27(24)16-21,26-6-2-1-5-23(25)26)19-33-14-11-22(12-15-33)32-28(34)10-7-20-4-3-13-31-18-20/h1-10,13,16,18,22,25H,11-12,14-15,17,19H2,(H,32,34)/b10-7+. The molecule has 1 aromatic heterocycles. The molecule has 6 rings (SSSR count). The van der Waals surface area contributed by atoms with Gasteiger partial charge >= 0.3 is 0 Å². The number of amides is 1. The van der Waals surface area contributed by atoms with E-state index >= 15 is 0 Å². The molecule has 0 spiro atoms. The molecule has 2 aliphatic carbocycles. The number of carbonyl (C=O) groups is 1. The predicted octanol–water partition coefficient (Wildman–Crippen LogP) is 5.16. The Hall–Kier alpha value is -2.95. The molecule has 3 aromatic rings. The number of halogens is 1. The average Bonchev–Trinajstić information content (AvgIpc) is 3.36. The summed E-state index contributed by atoms with van der Waals surface area (Å²) in [6.45, 7) is 2.99. The van der Waals surface area contributed by atoms with Crippen molar-refractivity contribution in [1.29, 1.82) is 0 Å². The van der Waals surface area contributed by atoms with Crippen LogP contribution in [0.1, 0.15) is 53.0 Å². The lowest BCUT2D eigenvalue weighted by Crippen LogP contribution is -2.48. The number of benzene rings is 2. The van der Waals surface area contributed by atoms with Gasteiger partial charge in [-0.2, -0.15) is 0 Å². The molecule has 2 bridgehead atoms. The number of fused-ring (bicyclic) bond motifs is 8. The number of rotatable bonds is 5. The third kappa shape index (κ3) is 3.75. The summed E-state index contributed by atoms with van der Waals surface area (Å²) < 4.78 is 0. The first-order valence-corrected chi connectivity index (χ1v) is 12.5. The van der Waals surface area contributed by atoms with E-state index in [0.29, 0.717) is 5.92 Å². The lowest BCUT2D eigenvalue weighted by molar-refractivity contribution is -0.117. The fourth-order valence-electron chi connectivity index (χ4n) is 6.33. The maximum atomic E-state index is 12.4. The van der Waals surface area contributed by atoms with E-state index in [2.05, 4.69) is 51.6 Å². The van der Waals surface area contributed by atoms with Crippen LogP contribution in [-0.4, -0.2) is 41.5 Å². The van der Waals surface area contributed by atoms with Gasteiger partial charge in [0.25, 0.3) is 0 Å². The van der Waals surface area contributed by atoms with Gasteiger partial charge in [-0.25, -0.2) is 0 Å². The van der Waals surface area contributed by atoms with Gasteiger partial charge in [-0.3, -0.25) is 9.78 Å². The van der Waals surface area contributed by atoms with Crippen LogP contribution >= 0.6 is 11.6 Å². The van der Waals surface area contributed by atoms with Crippen LogP contribution < -0.4 is 5.32 Å². The third-order valence-corrected chi connectivity index (χ3v) is 8.08. The number of nitrogens with one attached hydrogen (secondary N) is 1. The van der Waals surface area contributed by atoms with Crippen molar-refractivity contribution in [3.63, 3.8) is 0 Å².